The predicted octanol–water partition coefficient (Wildman–Crippen LogP) is 3.15. The standard InChI is InChI=1S/C13H15N5S2/c1-8-5-10-11(15-4-3-9-6-19-7-16-9)17-13(14-2)18-12(10)20-8/h5-7H,3-4H2,1-2H3,(H2,14,15,17,18). The summed E-state index contributed by atoms with van der Waals surface area (Å²) in [6.45, 7) is 2.90. The lowest BCUT2D eigenvalue weighted by molar-refractivity contribution is 0.969. The number of thiazole rings is 1. The average Bonchev–Trinajstić information content (AvgIpc) is 3.06. The molecular weight excluding hydrogens is 290 g/mol. The zero-order chi connectivity index (χ0) is 13.9. The third-order valence-corrected chi connectivity index (χ3v) is 4.48. The molecule has 20 heavy (non-hydrogen) atoms. The second-order valence-electron chi connectivity index (χ2n) is 4.38. The molecule has 0 fully saturated rings. The van der Waals surface area contributed by atoms with Crippen LogP contribution in [0.1, 0.15) is 10.6 Å². The van der Waals surface area contributed by atoms with Crippen molar-refractivity contribution in [3.8, 4) is 0 Å². The highest BCUT2D eigenvalue weighted by atomic mass is 32.1. The quantitative estimate of drug-likeness (QED) is 0.758. The molecule has 0 aliphatic carbocycles. The van der Waals surface area contributed by atoms with Gasteiger partial charge in [-0.05, 0) is 13.0 Å². The summed E-state index contributed by atoms with van der Waals surface area (Å²) in [5, 5.41) is 9.56. The molecule has 0 amide bonds. The Morgan fingerprint density at radius 3 is 2.95 bits per heavy atom. The molecule has 0 atom stereocenters. The van der Waals surface area contributed by atoms with Crippen LogP contribution < -0.4 is 10.6 Å². The highest BCUT2D eigenvalue weighted by Gasteiger charge is 2.09. The van der Waals surface area contributed by atoms with E-state index in [1.807, 2.05) is 12.6 Å². The van der Waals surface area contributed by atoms with E-state index in [2.05, 4.69) is 44.0 Å². The van der Waals surface area contributed by atoms with Crippen LogP contribution in [0, 0.1) is 6.92 Å². The number of hydrogen-bond acceptors (Lipinski definition) is 7. The van der Waals surface area contributed by atoms with E-state index in [1.165, 1.54) is 4.88 Å². The molecule has 3 rings (SSSR count). The number of hydrogen-bond donors (Lipinski definition) is 2. The van der Waals surface area contributed by atoms with Crippen LogP contribution in [0.15, 0.2) is 17.0 Å². The lowest BCUT2D eigenvalue weighted by Gasteiger charge is -2.07. The zero-order valence-corrected chi connectivity index (χ0v) is 12.9. The van der Waals surface area contributed by atoms with E-state index in [9.17, 15) is 0 Å². The normalized spacial score (nSPS) is 10.9. The molecule has 0 unspecified atom stereocenters. The summed E-state index contributed by atoms with van der Waals surface area (Å²) < 4.78 is 0. The SMILES string of the molecule is CNc1nc(NCCc2cscn2)c2cc(C)sc2n1. The number of aryl methyl sites for hydroxylation is 1. The third kappa shape index (κ3) is 2.73. The van der Waals surface area contributed by atoms with Gasteiger partial charge in [0.05, 0.1) is 16.6 Å². The molecule has 0 aromatic carbocycles. The first-order valence-corrected chi connectivity index (χ1v) is 8.09. The van der Waals surface area contributed by atoms with Gasteiger partial charge >= 0.3 is 0 Å². The van der Waals surface area contributed by atoms with Crippen molar-refractivity contribution in [1.29, 1.82) is 0 Å². The summed E-state index contributed by atoms with van der Waals surface area (Å²) in [5.41, 5.74) is 2.97. The van der Waals surface area contributed by atoms with Gasteiger partial charge in [-0.15, -0.1) is 22.7 Å². The maximum atomic E-state index is 4.51. The number of thiophene rings is 1. The zero-order valence-electron chi connectivity index (χ0n) is 11.3. The van der Waals surface area contributed by atoms with E-state index in [1.54, 1.807) is 22.7 Å². The van der Waals surface area contributed by atoms with Gasteiger partial charge in [-0.25, -0.2) is 9.97 Å². The highest BCUT2D eigenvalue weighted by Crippen LogP contribution is 2.29. The fraction of sp³-hybridized carbons (Fsp3) is 0.308. The summed E-state index contributed by atoms with van der Waals surface area (Å²) in [4.78, 5) is 15.5. The van der Waals surface area contributed by atoms with Gasteiger partial charge in [-0.1, -0.05) is 0 Å². The maximum absolute atomic E-state index is 4.51. The Morgan fingerprint density at radius 2 is 2.20 bits per heavy atom. The minimum absolute atomic E-state index is 0.649. The summed E-state index contributed by atoms with van der Waals surface area (Å²) in [5.74, 6) is 1.54. The molecule has 104 valence electrons. The minimum Gasteiger partial charge on any atom is -0.369 e. The molecule has 3 aromatic heterocycles. The Balaban J connectivity index is 1.81. The summed E-state index contributed by atoms with van der Waals surface area (Å²) in [7, 11) is 1.83. The molecule has 0 aliphatic heterocycles. The van der Waals surface area contributed by atoms with Crippen LogP contribution >= 0.6 is 22.7 Å². The fourth-order valence-electron chi connectivity index (χ4n) is 1.96. The van der Waals surface area contributed by atoms with Crippen molar-refractivity contribution < 1.29 is 0 Å². The van der Waals surface area contributed by atoms with Crippen LogP contribution in [-0.4, -0.2) is 28.5 Å². The number of anilines is 2. The van der Waals surface area contributed by atoms with Crippen molar-refractivity contribution >= 4 is 44.7 Å². The Bertz CT molecular complexity index is 705. The first-order chi connectivity index (χ1) is 9.76. The minimum atomic E-state index is 0.649. The number of rotatable bonds is 5. The van der Waals surface area contributed by atoms with Crippen LogP contribution in [0.4, 0.5) is 11.8 Å². The number of fused-ring (bicyclic) bond motifs is 1. The van der Waals surface area contributed by atoms with Crippen molar-refractivity contribution in [3.63, 3.8) is 0 Å². The van der Waals surface area contributed by atoms with Crippen LogP contribution in [0.5, 0.6) is 0 Å². The van der Waals surface area contributed by atoms with E-state index in [0.717, 1.165) is 34.7 Å². The van der Waals surface area contributed by atoms with E-state index in [0.29, 0.717) is 5.95 Å². The Morgan fingerprint density at radius 1 is 1.30 bits per heavy atom. The lowest BCUT2D eigenvalue weighted by Crippen LogP contribution is -2.08. The van der Waals surface area contributed by atoms with E-state index in [4.69, 9.17) is 0 Å². The first kappa shape index (κ1) is 13.3. The van der Waals surface area contributed by atoms with Gasteiger partial charge in [0.1, 0.15) is 10.6 Å². The van der Waals surface area contributed by atoms with Crippen LogP contribution in [0.3, 0.4) is 0 Å². The van der Waals surface area contributed by atoms with Gasteiger partial charge < -0.3 is 10.6 Å². The van der Waals surface area contributed by atoms with Crippen LogP contribution in [-0.2, 0) is 6.42 Å². The molecule has 0 spiro atoms. The van der Waals surface area contributed by atoms with Gasteiger partial charge in [0, 0.05) is 30.3 Å². The average molecular weight is 305 g/mol. The molecule has 0 saturated heterocycles. The molecule has 0 radical (unpaired) electrons. The van der Waals surface area contributed by atoms with Crippen LogP contribution in [0.2, 0.25) is 0 Å². The van der Waals surface area contributed by atoms with Crippen molar-refractivity contribution in [2.24, 2.45) is 0 Å². The monoisotopic (exact) mass is 305 g/mol. The molecule has 5 nitrogen and oxygen atoms in total. The summed E-state index contributed by atoms with van der Waals surface area (Å²) >= 11 is 3.31. The van der Waals surface area contributed by atoms with Crippen molar-refractivity contribution in [1.82, 2.24) is 15.0 Å². The summed E-state index contributed by atoms with van der Waals surface area (Å²) in [6.07, 6.45) is 0.896. The molecule has 3 heterocycles. The largest absolute Gasteiger partial charge is 0.369 e. The van der Waals surface area contributed by atoms with E-state index < -0.39 is 0 Å². The van der Waals surface area contributed by atoms with E-state index >= 15 is 0 Å². The lowest BCUT2D eigenvalue weighted by atomic mass is 10.3. The maximum Gasteiger partial charge on any atom is 0.225 e. The van der Waals surface area contributed by atoms with Gasteiger partial charge in [-0.2, -0.15) is 4.98 Å². The molecule has 7 heteroatoms. The van der Waals surface area contributed by atoms with Crippen LogP contribution in [0.25, 0.3) is 10.2 Å². The third-order valence-electron chi connectivity index (χ3n) is 2.90. The van der Waals surface area contributed by atoms with Gasteiger partial charge in [0.2, 0.25) is 5.95 Å². The first-order valence-electron chi connectivity index (χ1n) is 6.33. The molecule has 3 aromatic rings. The summed E-state index contributed by atoms with van der Waals surface area (Å²) in [6, 6.07) is 2.13. The Labute approximate surface area is 125 Å². The van der Waals surface area contributed by atoms with Crippen molar-refractivity contribution in [2.45, 2.75) is 13.3 Å². The highest BCUT2D eigenvalue weighted by molar-refractivity contribution is 7.18. The number of nitrogens with one attached hydrogen (secondary N) is 2. The molecular formula is C13H15N5S2. The van der Waals surface area contributed by atoms with Gasteiger partial charge in [-0.3, -0.25) is 0 Å². The smallest absolute Gasteiger partial charge is 0.225 e. The van der Waals surface area contributed by atoms with Crippen molar-refractivity contribution in [3.05, 3.63) is 27.5 Å². The van der Waals surface area contributed by atoms with Crippen molar-refractivity contribution in [2.75, 3.05) is 24.2 Å². The van der Waals surface area contributed by atoms with Gasteiger partial charge in [0.25, 0.3) is 0 Å². The number of nitrogens with zero attached hydrogens (tertiary/aromatic N) is 3. The predicted molar refractivity (Wildman–Crippen MR) is 86.0 cm³/mol. The fourth-order valence-corrected chi connectivity index (χ4v) is 3.43. The second kappa shape index (κ2) is 5.72. The molecule has 2 N–H and O–H groups in total. The molecule has 0 saturated carbocycles. The topological polar surface area (TPSA) is 62.7 Å². The second-order valence-corrected chi connectivity index (χ2v) is 6.33. The molecule has 0 aliphatic rings. The Kier molecular flexibility index (Phi) is 3.79. The molecule has 0 bridgehead atoms. The van der Waals surface area contributed by atoms with Gasteiger partial charge in [0.15, 0.2) is 0 Å². The number of aromatic nitrogens is 3. The van der Waals surface area contributed by atoms with E-state index in [-0.39, 0.29) is 0 Å². The Hall–Kier alpha value is -1.73.